The number of hydrogen-bond donors (Lipinski definition) is 0. The zero-order valence-electron chi connectivity index (χ0n) is 5.43. The van der Waals surface area contributed by atoms with Crippen LogP contribution in [0, 0.1) is 0 Å². The van der Waals surface area contributed by atoms with Crippen molar-refractivity contribution in [2.45, 2.75) is 30.9 Å². The third-order valence-electron chi connectivity index (χ3n) is 1.56. The minimum absolute atomic E-state index is 0.187. The van der Waals surface area contributed by atoms with Gasteiger partial charge < -0.3 is 0 Å². The van der Waals surface area contributed by atoms with Gasteiger partial charge in [-0.3, -0.25) is 4.79 Å². The lowest BCUT2D eigenvalue weighted by Crippen LogP contribution is -2.01. The van der Waals surface area contributed by atoms with Crippen molar-refractivity contribution in [3.63, 3.8) is 0 Å². The van der Waals surface area contributed by atoms with Crippen LogP contribution < -0.4 is 0 Å². The van der Waals surface area contributed by atoms with E-state index in [0.29, 0.717) is 0 Å². The fourth-order valence-electron chi connectivity index (χ4n) is 1.01. The van der Waals surface area contributed by atoms with Crippen LogP contribution in [0.2, 0.25) is 0 Å². The van der Waals surface area contributed by atoms with Crippen molar-refractivity contribution in [1.29, 1.82) is 0 Å². The van der Waals surface area contributed by atoms with E-state index in [4.69, 9.17) is 0 Å². The van der Waals surface area contributed by atoms with Crippen LogP contribution in [0.3, 0.4) is 0 Å². The standard InChI is InChI=1S/C7H11OS/c8-6-7-4-2-1-3-5-9-7/h7H,1-5H2. The highest BCUT2D eigenvalue weighted by Crippen LogP contribution is 2.22. The van der Waals surface area contributed by atoms with E-state index < -0.39 is 0 Å². The third kappa shape index (κ3) is 2.39. The molecule has 1 saturated heterocycles. The minimum Gasteiger partial charge on any atom is -0.290 e. The predicted molar refractivity (Wildman–Crippen MR) is 40.4 cm³/mol. The van der Waals surface area contributed by atoms with Crippen molar-refractivity contribution in [3.8, 4) is 0 Å². The molecule has 1 unspecified atom stereocenters. The summed E-state index contributed by atoms with van der Waals surface area (Å²) >= 11 is 1.76. The van der Waals surface area contributed by atoms with Gasteiger partial charge >= 0.3 is 0 Å². The van der Waals surface area contributed by atoms with Crippen LogP contribution in [-0.4, -0.2) is 17.3 Å². The van der Waals surface area contributed by atoms with E-state index in [1.54, 1.807) is 11.8 Å². The monoisotopic (exact) mass is 143 g/mol. The molecular weight excluding hydrogens is 132 g/mol. The molecule has 2 heteroatoms. The van der Waals surface area contributed by atoms with Gasteiger partial charge in [-0.05, 0) is 18.6 Å². The Morgan fingerprint density at radius 3 is 3.00 bits per heavy atom. The van der Waals surface area contributed by atoms with Gasteiger partial charge in [0.25, 0.3) is 0 Å². The molecule has 1 rings (SSSR count). The molecule has 1 nitrogen and oxygen atoms in total. The molecule has 0 saturated carbocycles. The average molecular weight is 143 g/mol. The number of hydrogen-bond acceptors (Lipinski definition) is 2. The lowest BCUT2D eigenvalue weighted by molar-refractivity contribution is 0.548. The van der Waals surface area contributed by atoms with Gasteiger partial charge in [0, 0.05) is 0 Å². The Labute approximate surface area is 60.2 Å². The molecule has 0 aromatic heterocycles. The maximum absolute atomic E-state index is 10.2. The average Bonchev–Trinajstić information content (AvgIpc) is 2.13. The van der Waals surface area contributed by atoms with E-state index >= 15 is 0 Å². The van der Waals surface area contributed by atoms with Gasteiger partial charge in [-0.1, -0.05) is 12.8 Å². The van der Waals surface area contributed by atoms with Gasteiger partial charge in [0.1, 0.15) is 0 Å². The lowest BCUT2D eigenvalue weighted by atomic mass is 10.2. The zero-order chi connectivity index (χ0) is 6.53. The second-order valence-corrected chi connectivity index (χ2v) is 3.64. The van der Waals surface area contributed by atoms with Gasteiger partial charge in [-0.15, -0.1) is 0 Å². The first-order chi connectivity index (χ1) is 4.43. The topological polar surface area (TPSA) is 17.1 Å². The Kier molecular flexibility index (Phi) is 3.12. The van der Waals surface area contributed by atoms with Crippen molar-refractivity contribution in [2.75, 3.05) is 5.75 Å². The number of thioether (sulfide) groups is 1. The van der Waals surface area contributed by atoms with Crippen LogP contribution in [0.25, 0.3) is 0 Å². The van der Waals surface area contributed by atoms with E-state index in [2.05, 4.69) is 6.29 Å². The highest BCUT2D eigenvalue weighted by molar-refractivity contribution is 8.00. The molecule has 0 N–H and O–H groups in total. The summed E-state index contributed by atoms with van der Waals surface area (Å²) in [5.41, 5.74) is 0. The van der Waals surface area contributed by atoms with Crippen LogP contribution in [0.15, 0.2) is 0 Å². The van der Waals surface area contributed by atoms with Crippen LogP contribution >= 0.6 is 11.8 Å². The Morgan fingerprint density at radius 1 is 1.33 bits per heavy atom. The normalized spacial score (nSPS) is 29.1. The summed E-state index contributed by atoms with van der Waals surface area (Å²) in [6, 6.07) is 0. The first-order valence-electron chi connectivity index (χ1n) is 3.43. The number of rotatable bonds is 1. The van der Waals surface area contributed by atoms with Crippen molar-refractivity contribution in [3.05, 3.63) is 0 Å². The van der Waals surface area contributed by atoms with Crippen LogP contribution in [0.4, 0.5) is 0 Å². The maximum Gasteiger partial charge on any atom is 0.212 e. The molecule has 1 heterocycles. The molecule has 1 fully saturated rings. The van der Waals surface area contributed by atoms with Gasteiger partial charge in [-0.25, -0.2) is 0 Å². The first kappa shape index (κ1) is 7.13. The molecule has 0 amide bonds. The summed E-state index contributed by atoms with van der Waals surface area (Å²) in [6.45, 7) is 0. The smallest absolute Gasteiger partial charge is 0.212 e. The Hall–Kier alpha value is 0.0200. The van der Waals surface area contributed by atoms with Crippen LogP contribution in [-0.2, 0) is 4.79 Å². The van der Waals surface area contributed by atoms with Crippen molar-refractivity contribution < 1.29 is 4.79 Å². The second-order valence-electron chi connectivity index (χ2n) is 2.33. The maximum atomic E-state index is 10.2. The molecule has 0 aliphatic carbocycles. The van der Waals surface area contributed by atoms with Crippen LogP contribution in [0.5, 0.6) is 0 Å². The van der Waals surface area contributed by atoms with Gasteiger partial charge in [-0.2, -0.15) is 11.8 Å². The summed E-state index contributed by atoms with van der Waals surface area (Å²) in [6.07, 6.45) is 6.90. The summed E-state index contributed by atoms with van der Waals surface area (Å²) in [4.78, 5) is 10.2. The fraction of sp³-hybridized carbons (Fsp3) is 0.857. The van der Waals surface area contributed by atoms with Crippen molar-refractivity contribution >= 4 is 18.0 Å². The molecule has 0 aromatic carbocycles. The molecule has 51 valence electrons. The fourth-order valence-corrected chi connectivity index (χ4v) is 2.07. The SMILES string of the molecule is O=[C]C1CCCCCS1. The lowest BCUT2D eigenvalue weighted by Gasteiger charge is -2.00. The van der Waals surface area contributed by atoms with Gasteiger partial charge in [0.15, 0.2) is 0 Å². The molecule has 0 bridgehead atoms. The summed E-state index contributed by atoms with van der Waals surface area (Å²) in [5.74, 6) is 1.15. The molecule has 1 radical (unpaired) electrons. The first-order valence-corrected chi connectivity index (χ1v) is 4.47. The predicted octanol–water partition coefficient (Wildman–Crippen LogP) is 1.77. The highest BCUT2D eigenvalue weighted by Gasteiger charge is 2.10. The van der Waals surface area contributed by atoms with E-state index in [1.807, 2.05) is 0 Å². The third-order valence-corrected chi connectivity index (χ3v) is 2.82. The zero-order valence-corrected chi connectivity index (χ0v) is 6.25. The largest absolute Gasteiger partial charge is 0.290 e. The summed E-state index contributed by atoms with van der Waals surface area (Å²) < 4.78 is 0. The highest BCUT2D eigenvalue weighted by atomic mass is 32.2. The molecule has 1 atom stereocenters. The number of carbonyl (C=O) groups excluding carboxylic acids is 1. The molecule has 0 aromatic rings. The Balaban J connectivity index is 2.26. The van der Waals surface area contributed by atoms with E-state index in [-0.39, 0.29) is 5.25 Å². The van der Waals surface area contributed by atoms with E-state index in [0.717, 1.165) is 12.2 Å². The molecular formula is C7H11OS. The summed E-state index contributed by atoms with van der Waals surface area (Å²) in [5, 5.41) is 0.187. The Morgan fingerprint density at radius 2 is 2.22 bits per heavy atom. The van der Waals surface area contributed by atoms with Crippen LogP contribution in [0.1, 0.15) is 25.7 Å². The quantitative estimate of drug-likeness (QED) is 0.556. The molecule has 0 spiro atoms. The Bertz CT molecular complexity index is 84.9. The molecule has 1 aliphatic rings. The van der Waals surface area contributed by atoms with Crippen molar-refractivity contribution in [1.82, 2.24) is 0 Å². The second kappa shape index (κ2) is 3.94. The van der Waals surface area contributed by atoms with Gasteiger partial charge in [0.05, 0.1) is 5.25 Å². The summed E-state index contributed by atoms with van der Waals surface area (Å²) in [7, 11) is 0. The van der Waals surface area contributed by atoms with E-state index in [1.165, 1.54) is 19.3 Å². The van der Waals surface area contributed by atoms with Gasteiger partial charge in [0.2, 0.25) is 6.29 Å². The van der Waals surface area contributed by atoms with Crippen molar-refractivity contribution in [2.24, 2.45) is 0 Å². The molecule has 9 heavy (non-hydrogen) atoms. The molecule has 1 aliphatic heterocycles. The minimum atomic E-state index is 0.187. The van der Waals surface area contributed by atoms with E-state index in [9.17, 15) is 4.79 Å².